The Morgan fingerprint density at radius 2 is 1.86 bits per heavy atom. The third kappa shape index (κ3) is 2.77. The molecule has 1 atom stereocenters. The molecule has 0 aliphatic heterocycles. The Morgan fingerprint density at radius 1 is 1.19 bits per heavy atom. The van der Waals surface area contributed by atoms with E-state index in [1.54, 1.807) is 10.8 Å². The van der Waals surface area contributed by atoms with Gasteiger partial charge in [-0.05, 0) is 31.4 Å². The molecule has 0 aromatic rings. The summed E-state index contributed by atoms with van der Waals surface area (Å²) in [6, 6.07) is 0. The first-order chi connectivity index (χ1) is 9.65. The van der Waals surface area contributed by atoms with Crippen molar-refractivity contribution in [3.63, 3.8) is 0 Å². The summed E-state index contributed by atoms with van der Waals surface area (Å²) in [7, 11) is -1.60. The molecule has 2 aliphatic rings. The quantitative estimate of drug-likeness (QED) is 0.568. The maximum Gasteiger partial charge on any atom is 0.103 e. The fourth-order valence-electron chi connectivity index (χ4n) is 3.84. The summed E-state index contributed by atoms with van der Waals surface area (Å²) in [5.41, 5.74) is 3.32. The average molecular weight is 319 g/mol. The van der Waals surface area contributed by atoms with Crippen molar-refractivity contribution in [2.45, 2.75) is 58.0 Å². The van der Waals surface area contributed by atoms with Gasteiger partial charge in [0.25, 0.3) is 0 Å². The molecule has 0 aromatic carbocycles. The average Bonchev–Trinajstić information content (AvgIpc) is 2.92. The van der Waals surface area contributed by atoms with Crippen molar-refractivity contribution in [2.24, 2.45) is 5.41 Å². The zero-order valence-electron chi connectivity index (χ0n) is 14.7. The van der Waals surface area contributed by atoms with Crippen LogP contribution in [0.15, 0.2) is 46.7 Å². The largest absolute Gasteiger partial charge is 0.157 e. The van der Waals surface area contributed by atoms with E-state index in [1.165, 1.54) is 12.0 Å². The number of hydrogen-bond acceptors (Lipinski definition) is 1. The Balaban J connectivity index is 2.60. The van der Waals surface area contributed by atoms with Crippen molar-refractivity contribution >= 4 is 19.8 Å². The Kier molecular flexibility index (Phi) is 4.52. The Bertz CT molecular complexity index is 540. The van der Waals surface area contributed by atoms with E-state index >= 15 is 0 Å². The lowest BCUT2D eigenvalue weighted by Gasteiger charge is -2.51. The molecule has 2 heteroatoms. The number of rotatable bonds is 3. The topological polar surface area (TPSA) is 0 Å². The van der Waals surface area contributed by atoms with Gasteiger partial charge in [0.2, 0.25) is 0 Å². The third-order valence-electron chi connectivity index (χ3n) is 5.18. The first-order valence-corrected chi connectivity index (χ1v) is 12.2. The lowest BCUT2D eigenvalue weighted by molar-refractivity contribution is 0.470. The Morgan fingerprint density at radius 3 is 2.33 bits per heavy atom. The second-order valence-electron chi connectivity index (χ2n) is 7.91. The van der Waals surface area contributed by atoms with E-state index in [9.17, 15) is 0 Å². The minimum absolute atomic E-state index is 0.228. The SMILES string of the molecule is CSC1([Si](C)(C)C2=CCC=C2)CC=C(C)C=C1C(C)(C)C. The molecule has 1 unspecified atom stereocenters. The van der Waals surface area contributed by atoms with E-state index in [-0.39, 0.29) is 9.79 Å². The van der Waals surface area contributed by atoms with Gasteiger partial charge in [-0.3, -0.25) is 0 Å². The molecule has 116 valence electrons. The summed E-state index contributed by atoms with van der Waals surface area (Å²) in [6.45, 7) is 14.5. The van der Waals surface area contributed by atoms with E-state index in [4.69, 9.17) is 0 Å². The lowest BCUT2D eigenvalue weighted by Crippen LogP contribution is -2.57. The summed E-state index contributed by atoms with van der Waals surface area (Å²) < 4.78 is 0.283. The normalized spacial score (nSPS) is 26.5. The van der Waals surface area contributed by atoms with Crippen LogP contribution in [-0.4, -0.2) is 18.7 Å². The zero-order chi connectivity index (χ0) is 15.9. The van der Waals surface area contributed by atoms with E-state index in [2.05, 4.69) is 89.2 Å². The van der Waals surface area contributed by atoms with Crippen molar-refractivity contribution in [3.8, 4) is 0 Å². The first kappa shape index (κ1) is 16.9. The minimum Gasteiger partial charge on any atom is -0.157 e. The third-order valence-corrected chi connectivity index (χ3v) is 12.7. The van der Waals surface area contributed by atoms with Crippen molar-refractivity contribution in [1.29, 1.82) is 0 Å². The molecule has 0 saturated heterocycles. The number of thioether (sulfide) groups is 1. The van der Waals surface area contributed by atoms with Gasteiger partial charge in [0, 0.05) is 4.37 Å². The van der Waals surface area contributed by atoms with Gasteiger partial charge in [-0.25, -0.2) is 0 Å². The van der Waals surface area contributed by atoms with Gasteiger partial charge in [0.05, 0.1) is 0 Å². The Labute approximate surface area is 136 Å². The lowest BCUT2D eigenvalue weighted by atomic mass is 9.80. The van der Waals surface area contributed by atoms with Crippen LogP contribution in [0, 0.1) is 5.41 Å². The molecule has 21 heavy (non-hydrogen) atoms. The van der Waals surface area contributed by atoms with Crippen LogP contribution in [0.25, 0.3) is 0 Å². The van der Waals surface area contributed by atoms with Crippen LogP contribution in [0.3, 0.4) is 0 Å². The van der Waals surface area contributed by atoms with Gasteiger partial charge >= 0.3 is 0 Å². The van der Waals surface area contributed by atoms with Crippen molar-refractivity contribution in [1.82, 2.24) is 0 Å². The standard InChI is InChI=1S/C19H30SSi/c1-15-12-13-19(20-5,17(14-15)18(2,3)4)21(6,7)16-10-8-9-11-16/h8,10-12,14H,9,13H2,1-7H3. The first-order valence-electron chi connectivity index (χ1n) is 7.97. The predicted molar refractivity (Wildman–Crippen MR) is 101 cm³/mol. The summed E-state index contributed by atoms with van der Waals surface area (Å²) in [5.74, 6) is 0. The van der Waals surface area contributed by atoms with Crippen LogP contribution in [0.4, 0.5) is 0 Å². The molecule has 0 fully saturated rings. The summed E-state index contributed by atoms with van der Waals surface area (Å²) in [4.78, 5) is 0. The molecule has 0 amide bonds. The molecule has 2 aliphatic carbocycles. The number of allylic oxidation sites excluding steroid dienone is 7. The van der Waals surface area contributed by atoms with Gasteiger partial charge < -0.3 is 0 Å². The maximum absolute atomic E-state index is 2.57. The van der Waals surface area contributed by atoms with E-state index < -0.39 is 8.07 Å². The highest BCUT2D eigenvalue weighted by Gasteiger charge is 2.53. The van der Waals surface area contributed by atoms with Crippen LogP contribution in [0.5, 0.6) is 0 Å². The van der Waals surface area contributed by atoms with Crippen LogP contribution >= 0.6 is 11.8 Å². The highest BCUT2D eigenvalue weighted by atomic mass is 32.2. The second-order valence-corrected chi connectivity index (χ2v) is 14.1. The van der Waals surface area contributed by atoms with Gasteiger partial charge in [-0.15, -0.1) is 0 Å². The molecule has 0 spiro atoms. The van der Waals surface area contributed by atoms with Crippen LogP contribution in [-0.2, 0) is 0 Å². The molecule has 0 N–H and O–H groups in total. The summed E-state index contributed by atoms with van der Waals surface area (Å²) >= 11 is 2.10. The molecule has 0 saturated carbocycles. The molecular formula is C19H30SSi. The van der Waals surface area contributed by atoms with E-state index in [1.807, 2.05) is 0 Å². The highest BCUT2D eigenvalue weighted by molar-refractivity contribution is 8.02. The van der Waals surface area contributed by atoms with Crippen LogP contribution in [0.2, 0.25) is 13.1 Å². The second kappa shape index (κ2) is 5.62. The van der Waals surface area contributed by atoms with Crippen molar-refractivity contribution in [3.05, 3.63) is 46.7 Å². The molecule has 0 heterocycles. The molecule has 2 rings (SSSR count). The number of hydrogen-bond donors (Lipinski definition) is 0. The van der Waals surface area contributed by atoms with Gasteiger partial charge in [0.15, 0.2) is 0 Å². The summed E-state index contributed by atoms with van der Waals surface area (Å²) in [5, 5.41) is 1.64. The van der Waals surface area contributed by atoms with Crippen molar-refractivity contribution in [2.75, 3.05) is 6.26 Å². The Hall–Kier alpha value is -0.473. The monoisotopic (exact) mass is 318 g/mol. The molecule has 0 aromatic heterocycles. The molecular weight excluding hydrogens is 288 g/mol. The van der Waals surface area contributed by atoms with E-state index in [0.29, 0.717) is 0 Å². The van der Waals surface area contributed by atoms with Crippen LogP contribution < -0.4 is 0 Å². The van der Waals surface area contributed by atoms with Crippen molar-refractivity contribution < 1.29 is 0 Å². The van der Waals surface area contributed by atoms with Gasteiger partial charge in [-0.1, -0.05) is 80.6 Å². The zero-order valence-corrected chi connectivity index (χ0v) is 16.5. The van der Waals surface area contributed by atoms with E-state index in [0.717, 1.165) is 6.42 Å². The van der Waals surface area contributed by atoms with Gasteiger partial charge in [0.1, 0.15) is 8.07 Å². The highest BCUT2D eigenvalue weighted by Crippen LogP contribution is 2.54. The maximum atomic E-state index is 2.57. The molecule has 0 radical (unpaired) electrons. The predicted octanol–water partition coefficient (Wildman–Crippen LogP) is 6.08. The van der Waals surface area contributed by atoms with Crippen LogP contribution in [0.1, 0.15) is 40.5 Å². The van der Waals surface area contributed by atoms with Gasteiger partial charge in [-0.2, -0.15) is 11.8 Å². The smallest absolute Gasteiger partial charge is 0.103 e. The fourth-order valence-corrected chi connectivity index (χ4v) is 10.4. The fraction of sp³-hybridized carbons (Fsp3) is 0.579. The molecule has 0 bridgehead atoms. The summed E-state index contributed by atoms with van der Waals surface area (Å²) in [6.07, 6.45) is 16.8. The minimum atomic E-state index is -1.60. The molecule has 0 nitrogen and oxygen atoms in total.